The molecule has 8 heteroatoms. The van der Waals surface area contributed by atoms with E-state index in [2.05, 4.69) is 33.0 Å². The summed E-state index contributed by atoms with van der Waals surface area (Å²) in [5.41, 5.74) is 1.18. The van der Waals surface area contributed by atoms with E-state index in [0.29, 0.717) is 41.4 Å². The molecule has 0 spiro atoms. The van der Waals surface area contributed by atoms with Gasteiger partial charge in [0.25, 0.3) is 5.91 Å². The number of amides is 1. The highest BCUT2D eigenvalue weighted by Gasteiger charge is 2.64. The number of nitrogens with one attached hydrogen (secondary N) is 1. The average Bonchev–Trinajstić information content (AvgIpc) is 3.31. The zero-order valence-corrected chi connectivity index (χ0v) is 21.1. The number of aliphatic carboxylic acids is 1. The predicted octanol–water partition coefficient (Wildman–Crippen LogP) is 4.73. The maximum absolute atomic E-state index is 13.1. The number of nitriles is 1. The van der Waals surface area contributed by atoms with E-state index in [4.69, 9.17) is 21.6 Å². The second-order valence-corrected chi connectivity index (χ2v) is 11.0. The summed E-state index contributed by atoms with van der Waals surface area (Å²) in [6, 6.07) is 14.3. The van der Waals surface area contributed by atoms with Crippen LogP contribution in [0.5, 0.6) is 5.75 Å². The quantitative estimate of drug-likeness (QED) is 0.600. The van der Waals surface area contributed by atoms with E-state index in [-0.39, 0.29) is 34.8 Å². The van der Waals surface area contributed by atoms with Gasteiger partial charge in [-0.3, -0.25) is 9.59 Å². The molecular weight excluding hydrogens is 466 g/mol. The average molecular weight is 496 g/mol. The zero-order chi connectivity index (χ0) is 25.5. The minimum atomic E-state index is -0.765. The molecule has 1 saturated heterocycles. The number of hydrogen-bond donors (Lipinski definition) is 2. The van der Waals surface area contributed by atoms with E-state index in [0.717, 1.165) is 5.69 Å². The topological polar surface area (TPSA) is 103 Å². The van der Waals surface area contributed by atoms with Crippen molar-refractivity contribution in [1.29, 1.82) is 5.26 Å². The minimum Gasteiger partial charge on any atom is -0.489 e. The summed E-state index contributed by atoms with van der Waals surface area (Å²) in [5, 5.41) is 21.8. The molecule has 2 aliphatic rings. The Morgan fingerprint density at radius 3 is 2.34 bits per heavy atom. The molecular formula is C27H30ClN3O4. The summed E-state index contributed by atoms with van der Waals surface area (Å²) in [5.74, 6) is -0.685. The maximum Gasteiger partial charge on any atom is 0.308 e. The van der Waals surface area contributed by atoms with Crippen molar-refractivity contribution in [3.63, 3.8) is 0 Å². The van der Waals surface area contributed by atoms with Gasteiger partial charge in [-0.15, -0.1) is 0 Å². The van der Waals surface area contributed by atoms with Crippen molar-refractivity contribution in [2.24, 2.45) is 16.7 Å². The lowest BCUT2D eigenvalue weighted by molar-refractivity contribution is -0.164. The SMILES string of the molecule is CC1(C)[C@H](NC(=O)c2ccc(N3CC[C@@H](C(=O)O)C3)cc2)C(C)(C)[C@H]1Oc1ccc(C#N)c(Cl)c1. The van der Waals surface area contributed by atoms with Crippen LogP contribution in [-0.2, 0) is 4.79 Å². The van der Waals surface area contributed by atoms with Gasteiger partial charge in [-0.05, 0) is 42.8 Å². The monoisotopic (exact) mass is 495 g/mol. The molecule has 1 aliphatic carbocycles. The summed E-state index contributed by atoms with van der Waals surface area (Å²) < 4.78 is 6.28. The van der Waals surface area contributed by atoms with Gasteiger partial charge in [0.05, 0.1) is 16.5 Å². The van der Waals surface area contributed by atoms with Gasteiger partial charge in [0.2, 0.25) is 0 Å². The van der Waals surface area contributed by atoms with E-state index in [1.807, 2.05) is 23.1 Å². The first-order valence-corrected chi connectivity index (χ1v) is 12.1. The fourth-order valence-electron chi connectivity index (χ4n) is 5.83. The number of carbonyl (C=O) groups excluding carboxylic acids is 1. The summed E-state index contributed by atoms with van der Waals surface area (Å²) in [6.45, 7) is 9.43. The van der Waals surface area contributed by atoms with E-state index in [1.54, 1.807) is 30.3 Å². The van der Waals surface area contributed by atoms with Gasteiger partial charge in [-0.25, -0.2) is 0 Å². The smallest absolute Gasteiger partial charge is 0.308 e. The van der Waals surface area contributed by atoms with Crippen LogP contribution in [0.4, 0.5) is 5.69 Å². The first-order chi connectivity index (χ1) is 16.4. The summed E-state index contributed by atoms with van der Waals surface area (Å²) in [7, 11) is 0. The van der Waals surface area contributed by atoms with Crippen LogP contribution in [0.3, 0.4) is 0 Å². The maximum atomic E-state index is 13.1. The Morgan fingerprint density at radius 1 is 1.14 bits per heavy atom. The number of carbonyl (C=O) groups is 2. The van der Waals surface area contributed by atoms with Crippen molar-refractivity contribution in [2.75, 3.05) is 18.0 Å². The van der Waals surface area contributed by atoms with Crippen LogP contribution in [0, 0.1) is 28.1 Å². The van der Waals surface area contributed by atoms with Crippen molar-refractivity contribution in [3.8, 4) is 11.8 Å². The number of carboxylic acid groups (broad SMARTS) is 1. The number of benzene rings is 2. The van der Waals surface area contributed by atoms with E-state index in [1.165, 1.54) is 0 Å². The molecule has 1 atom stereocenters. The van der Waals surface area contributed by atoms with Crippen LogP contribution in [-0.4, -0.2) is 42.2 Å². The molecule has 0 unspecified atom stereocenters. The van der Waals surface area contributed by atoms with Crippen molar-refractivity contribution >= 4 is 29.2 Å². The minimum absolute atomic E-state index is 0.129. The first-order valence-electron chi connectivity index (χ1n) is 11.7. The van der Waals surface area contributed by atoms with Gasteiger partial charge in [0.15, 0.2) is 0 Å². The number of ether oxygens (including phenoxy) is 1. The predicted molar refractivity (Wildman–Crippen MR) is 134 cm³/mol. The molecule has 1 heterocycles. The van der Waals surface area contributed by atoms with Gasteiger partial charge in [-0.1, -0.05) is 39.3 Å². The molecule has 1 aliphatic heterocycles. The van der Waals surface area contributed by atoms with Crippen LogP contribution >= 0.6 is 11.6 Å². The van der Waals surface area contributed by atoms with Crippen molar-refractivity contribution in [2.45, 2.75) is 46.3 Å². The number of rotatable bonds is 6. The lowest BCUT2D eigenvalue weighted by atomic mass is 9.49. The van der Waals surface area contributed by atoms with Crippen LogP contribution in [0.1, 0.15) is 50.0 Å². The number of anilines is 1. The number of nitrogens with zero attached hydrogens (tertiary/aromatic N) is 2. The highest BCUT2D eigenvalue weighted by atomic mass is 35.5. The van der Waals surface area contributed by atoms with Crippen molar-refractivity contribution in [3.05, 3.63) is 58.6 Å². The van der Waals surface area contributed by atoms with Gasteiger partial charge in [0, 0.05) is 47.3 Å². The standard InChI is InChI=1S/C27H30ClN3O4/c1-26(2)24(27(3,4)25(26)35-20-10-7-17(14-29)21(28)13-20)30-22(32)16-5-8-19(9-6-16)31-12-11-18(15-31)23(33)34/h5-10,13,18,24-25H,11-12,15H2,1-4H3,(H,30,32)(H,33,34)/t18-,24-,25-/m1/s1. The van der Waals surface area contributed by atoms with E-state index >= 15 is 0 Å². The molecule has 2 N–H and O–H groups in total. The summed E-state index contributed by atoms with van der Waals surface area (Å²) >= 11 is 6.17. The number of carboxylic acids is 1. The lowest BCUT2D eigenvalue weighted by Crippen LogP contribution is -2.74. The fraction of sp³-hybridized carbons (Fsp3) is 0.444. The second kappa shape index (κ2) is 9.09. The molecule has 2 aromatic rings. The van der Waals surface area contributed by atoms with Crippen LogP contribution < -0.4 is 15.0 Å². The molecule has 2 aromatic carbocycles. The lowest BCUT2D eigenvalue weighted by Gasteiger charge is -2.63. The van der Waals surface area contributed by atoms with Crippen molar-refractivity contribution < 1.29 is 19.4 Å². The van der Waals surface area contributed by atoms with Gasteiger partial charge in [-0.2, -0.15) is 5.26 Å². The third-order valence-electron chi connectivity index (χ3n) is 7.46. The van der Waals surface area contributed by atoms with Crippen molar-refractivity contribution in [1.82, 2.24) is 5.32 Å². The molecule has 4 rings (SSSR count). The Morgan fingerprint density at radius 2 is 1.80 bits per heavy atom. The molecule has 7 nitrogen and oxygen atoms in total. The Balaban J connectivity index is 1.42. The Labute approximate surface area is 210 Å². The number of halogens is 1. The Kier molecular flexibility index (Phi) is 6.46. The molecule has 184 valence electrons. The molecule has 35 heavy (non-hydrogen) atoms. The third kappa shape index (κ3) is 4.55. The molecule has 0 bridgehead atoms. The molecule has 2 fully saturated rings. The second-order valence-electron chi connectivity index (χ2n) is 10.6. The molecule has 1 amide bonds. The zero-order valence-electron chi connectivity index (χ0n) is 20.3. The van der Waals surface area contributed by atoms with Gasteiger partial charge in [0.1, 0.15) is 17.9 Å². The highest BCUT2D eigenvalue weighted by molar-refractivity contribution is 6.31. The largest absolute Gasteiger partial charge is 0.489 e. The van der Waals surface area contributed by atoms with Crippen LogP contribution in [0.2, 0.25) is 5.02 Å². The molecule has 0 aromatic heterocycles. The highest BCUT2D eigenvalue weighted by Crippen LogP contribution is 2.55. The van der Waals surface area contributed by atoms with E-state index < -0.39 is 5.97 Å². The Hall–Kier alpha value is -3.24. The number of hydrogen-bond acceptors (Lipinski definition) is 5. The Bertz CT molecular complexity index is 1170. The van der Waals surface area contributed by atoms with Crippen LogP contribution in [0.25, 0.3) is 0 Å². The van der Waals surface area contributed by atoms with Crippen LogP contribution in [0.15, 0.2) is 42.5 Å². The molecule has 0 radical (unpaired) electrons. The van der Waals surface area contributed by atoms with E-state index in [9.17, 15) is 14.7 Å². The normalized spacial score (nSPS) is 24.2. The fourth-order valence-corrected chi connectivity index (χ4v) is 6.04. The van der Waals surface area contributed by atoms with Gasteiger partial charge < -0.3 is 20.1 Å². The summed E-state index contributed by atoms with van der Waals surface area (Å²) in [6.07, 6.45) is 0.449. The van der Waals surface area contributed by atoms with Gasteiger partial charge >= 0.3 is 5.97 Å². The molecule has 1 saturated carbocycles. The summed E-state index contributed by atoms with van der Waals surface area (Å²) in [4.78, 5) is 26.3. The first kappa shape index (κ1) is 24.9. The third-order valence-corrected chi connectivity index (χ3v) is 7.77.